The van der Waals surface area contributed by atoms with E-state index in [2.05, 4.69) is 15.5 Å². The molecule has 1 aromatic carbocycles. The Bertz CT molecular complexity index is 1110. The summed E-state index contributed by atoms with van der Waals surface area (Å²) in [4.78, 5) is 32.5. The van der Waals surface area contributed by atoms with Crippen molar-refractivity contribution in [1.82, 2.24) is 19.6 Å². The normalized spacial score (nSPS) is 10.7. The number of carbonyl (C=O) groups is 1. The van der Waals surface area contributed by atoms with Gasteiger partial charge in [0.2, 0.25) is 5.91 Å². The number of nitro groups is 2. The van der Waals surface area contributed by atoms with Gasteiger partial charge in [0.25, 0.3) is 0 Å². The number of nitrogens with zero attached hydrogens (tertiary/aromatic N) is 6. The molecule has 0 fully saturated rings. The largest absolute Gasteiger partial charge is 0.468 e. The number of rotatable bonds is 7. The van der Waals surface area contributed by atoms with Gasteiger partial charge >= 0.3 is 11.5 Å². The Kier molecular flexibility index (Phi) is 5.54. The van der Waals surface area contributed by atoms with Crippen LogP contribution in [0.25, 0.3) is 0 Å². The Balaban J connectivity index is 1.73. The zero-order valence-electron chi connectivity index (χ0n) is 15.0. The zero-order chi connectivity index (χ0) is 21.1. The highest BCUT2D eigenvalue weighted by Gasteiger charge is 2.35. The maximum absolute atomic E-state index is 12.3. The molecule has 0 saturated carbocycles. The second-order valence-electron chi connectivity index (χ2n) is 6.03. The third-order valence-electron chi connectivity index (χ3n) is 3.96. The number of halogens is 1. The van der Waals surface area contributed by atoms with Crippen LogP contribution in [0.2, 0.25) is 5.02 Å². The third kappa shape index (κ3) is 4.55. The average molecular weight is 420 g/mol. The first-order valence-corrected chi connectivity index (χ1v) is 8.55. The lowest BCUT2D eigenvalue weighted by molar-refractivity contribution is -0.424. The van der Waals surface area contributed by atoms with Crippen molar-refractivity contribution in [2.45, 2.75) is 20.0 Å². The van der Waals surface area contributed by atoms with E-state index >= 15 is 0 Å². The van der Waals surface area contributed by atoms with Gasteiger partial charge in [-0.2, -0.15) is 9.78 Å². The van der Waals surface area contributed by atoms with E-state index in [0.717, 1.165) is 10.2 Å². The van der Waals surface area contributed by atoms with E-state index in [1.54, 1.807) is 29.1 Å². The molecule has 2 heterocycles. The van der Waals surface area contributed by atoms with Crippen molar-refractivity contribution in [2.24, 2.45) is 0 Å². The molecular formula is C16H14ClN7O5. The van der Waals surface area contributed by atoms with Crippen molar-refractivity contribution < 1.29 is 14.6 Å². The van der Waals surface area contributed by atoms with Gasteiger partial charge in [0, 0.05) is 11.9 Å². The molecule has 3 aromatic rings. The van der Waals surface area contributed by atoms with Crippen molar-refractivity contribution >= 4 is 34.7 Å². The van der Waals surface area contributed by atoms with Crippen molar-refractivity contribution in [3.8, 4) is 0 Å². The van der Waals surface area contributed by atoms with E-state index in [0.29, 0.717) is 17.3 Å². The number of hydrogen-bond donors (Lipinski definition) is 1. The monoisotopic (exact) mass is 419 g/mol. The van der Waals surface area contributed by atoms with Gasteiger partial charge in [0.05, 0.1) is 27.8 Å². The van der Waals surface area contributed by atoms with E-state index in [1.807, 2.05) is 6.07 Å². The van der Waals surface area contributed by atoms with Crippen molar-refractivity contribution in [3.05, 3.63) is 73.2 Å². The third-order valence-corrected chi connectivity index (χ3v) is 4.16. The lowest BCUT2D eigenvalue weighted by atomic mass is 10.2. The average Bonchev–Trinajstić information content (AvgIpc) is 3.18. The lowest BCUT2D eigenvalue weighted by Crippen LogP contribution is -2.20. The molecule has 13 heteroatoms. The maximum atomic E-state index is 12.3. The molecule has 2 aromatic heterocycles. The van der Waals surface area contributed by atoms with Crippen LogP contribution in [0.1, 0.15) is 11.3 Å². The van der Waals surface area contributed by atoms with Gasteiger partial charge in [-0.05, 0) is 29.5 Å². The molecule has 0 aliphatic carbocycles. The summed E-state index contributed by atoms with van der Waals surface area (Å²) >= 11 is 5.84. The summed E-state index contributed by atoms with van der Waals surface area (Å²) in [6, 6.07) is 6.98. The molecule has 0 radical (unpaired) electrons. The van der Waals surface area contributed by atoms with Crippen LogP contribution in [0, 0.1) is 27.2 Å². The van der Waals surface area contributed by atoms with E-state index in [4.69, 9.17) is 11.6 Å². The Morgan fingerprint density at radius 2 is 2.03 bits per heavy atom. The number of hydrogen-bond acceptors (Lipinski definition) is 7. The highest BCUT2D eigenvalue weighted by molar-refractivity contribution is 6.30. The molecule has 0 aliphatic heterocycles. The van der Waals surface area contributed by atoms with Gasteiger partial charge in [-0.1, -0.05) is 23.7 Å². The zero-order valence-corrected chi connectivity index (χ0v) is 15.7. The summed E-state index contributed by atoms with van der Waals surface area (Å²) in [6.07, 6.45) is 3.17. The summed E-state index contributed by atoms with van der Waals surface area (Å²) in [5, 5.41) is 32.8. The van der Waals surface area contributed by atoms with Crippen LogP contribution in [0.4, 0.5) is 17.2 Å². The summed E-state index contributed by atoms with van der Waals surface area (Å²) in [6.45, 7) is 1.31. The van der Waals surface area contributed by atoms with Gasteiger partial charge in [-0.25, -0.2) is 0 Å². The minimum atomic E-state index is -0.954. The van der Waals surface area contributed by atoms with Gasteiger partial charge in [0.15, 0.2) is 0 Å². The molecule has 1 amide bonds. The Morgan fingerprint density at radius 1 is 1.28 bits per heavy atom. The number of nitrogens with one attached hydrogen (secondary N) is 1. The van der Waals surface area contributed by atoms with Crippen LogP contribution in [0.15, 0.2) is 36.7 Å². The fourth-order valence-electron chi connectivity index (χ4n) is 2.71. The summed E-state index contributed by atoms with van der Waals surface area (Å²) in [7, 11) is 0. The van der Waals surface area contributed by atoms with Crippen LogP contribution in [0.3, 0.4) is 0 Å². The number of anilines is 1. The molecule has 0 atom stereocenters. The fourth-order valence-corrected chi connectivity index (χ4v) is 2.86. The van der Waals surface area contributed by atoms with Gasteiger partial charge in [-0.15, -0.1) is 0 Å². The lowest BCUT2D eigenvalue weighted by Gasteiger charge is -2.07. The Hall–Kier alpha value is -3.80. The van der Waals surface area contributed by atoms with Crippen LogP contribution >= 0.6 is 11.6 Å². The van der Waals surface area contributed by atoms with Crippen LogP contribution < -0.4 is 5.32 Å². The molecule has 1 N–H and O–H groups in total. The second kappa shape index (κ2) is 8.06. The highest BCUT2D eigenvalue weighted by atomic mass is 35.5. The van der Waals surface area contributed by atoms with E-state index in [-0.39, 0.29) is 5.69 Å². The molecule has 0 saturated heterocycles. The number of aromatic nitrogens is 4. The van der Waals surface area contributed by atoms with Crippen LogP contribution in [0.5, 0.6) is 0 Å². The van der Waals surface area contributed by atoms with Gasteiger partial charge < -0.3 is 15.4 Å². The first-order chi connectivity index (χ1) is 13.7. The molecule has 0 unspecified atom stereocenters. The predicted octanol–water partition coefficient (Wildman–Crippen LogP) is 2.54. The summed E-state index contributed by atoms with van der Waals surface area (Å²) in [5.41, 5.74) is 0.521. The SMILES string of the molecule is Cc1c([N+](=O)[O-])c([N+](=O)[O-])nn1CC(=O)Nc1cccc(Cn2cc(Cl)cn2)c1. The maximum Gasteiger partial charge on any atom is 0.468 e. The van der Waals surface area contributed by atoms with Crippen molar-refractivity contribution in [3.63, 3.8) is 0 Å². The minimum absolute atomic E-state index is 0.0823. The molecule has 29 heavy (non-hydrogen) atoms. The molecule has 3 rings (SSSR count). The molecule has 12 nitrogen and oxygen atoms in total. The first-order valence-electron chi connectivity index (χ1n) is 8.17. The van der Waals surface area contributed by atoms with Gasteiger partial charge in [0.1, 0.15) is 12.2 Å². The molecule has 0 spiro atoms. The highest BCUT2D eigenvalue weighted by Crippen LogP contribution is 2.29. The molecule has 0 bridgehead atoms. The van der Waals surface area contributed by atoms with E-state index in [9.17, 15) is 25.0 Å². The fraction of sp³-hybridized carbons (Fsp3) is 0.188. The number of amides is 1. The smallest absolute Gasteiger partial charge is 0.358 e. The number of carbonyl (C=O) groups excluding carboxylic acids is 1. The summed E-state index contributed by atoms with van der Waals surface area (Å²) in [5.74, 6) is -1.44. The molecular weight excluding hydrogens is 406 g/mol. The first kappa shape index (κ1) is 19.9. The second-order valence-corrected chi connectivity index (χ2v) is 6.47. The Labute approximate surface area is 168 Å². The standard InChI is InChI=1S/C16H14ClN7O5/c1-10-15(23(26)27)16(24(28)29)20-22(10)9-14(25)19-13-4-2-3-11(5-13)7-21-8-12(17)6-18-21/h2-6,8H,7,9H2,1H3,(H,19,25). The quantitative estimate of drug-likeness (QED) is 0.456. The van der Waals surface area contributed by atoms with E-state index < -0.39 is 33.8 Å². The Morgan fingerprint density at radius 3 is 2.62 bits per heavy atom. The predicted molar refractivity (Wildman–Crippen MR) is 102 cm³/mol. The van der Waals surface area contributed by atoms with Crippen LogP contribution in [-0.2, 0) is 17.9 Å². The van der Waals surface area contributed by atoms with Crippen molar-refractivity contribution in [2.75, 3.05) is 5.32 Å². The van der Waals surface area contributed by atoms with E-state index in [1.165, 1.54) is 13.1 Å². The number of benzene rings is 1. The van der Waals surface area contributed by atoms with Crippen molar-refractivity contribution in [1.29, 1.82) is 0 Å². The topological polar surface area (TPSA) is 151 Å². The van der Waals surface area contributed by atoms with Gasteiger partial charge in [-0.3, -0.25) is 19.6 Å². The minimum Gasteiger partial charge on any atom is -0.358 e. The molecule has 150 valence electrons. The van der Waals surface area contributed by atoms with Crippen LogP contribution in [-0.4, -0.2) is 35.3 Å². The molecule has 0 aliphatic rings. The summed E-state index contributed by atoms with van der Waals surface area (Å²) < 4.78 is 2.57.